The zero-order chi connectivity index (χ0) is 24.0. The minimum atomic E-state index is -0.391. The first-order chi connectivity index (χ1) is 17.2. The summed E-state index contributed by atoms with van der Waals surface area (Å²) in [6.07, 6.45) is 0. The lowest BCUT2D eigenvalue weighted by Crippen LogP contribution is -2.40. The minimum Gasteiger partial charge on any atom is -0.454 e. The Labute approximate surface area is 202 Å². The van der Waals surface area contributed by atoms with E-state index in [0.717, 1.165) is 16.7 Å². The quantitative estimate of drug-likeness (QED) is 0.419. The van der Waals surface area contributed by atoms with Crippen LogP contribution in [-0.2, 0) is 17.9 Å². The number of fused-ring (bicyclic) bond motifs is 1. The fourth-order valence-electron chi connectivity index (χ4n) is 3.76. The van der Waals surface area contributed by atoms with Crippen molar-refractivity contribution >= 4 is 11.8 Å². The molecule has 176 valence electrons. The third kappa shape index (κ3) is 5.33. The molecule has 35 heavy (non-hydrogen) atoms. The number of nitrogens with one attached hydrogen (secondary N) is 1. The zero-order valence-corrected chi connectivity index (χ0v) is 18.8. The zero-order valence-electron chi connectivity index (χ0n) is 18.8. The predicted molar refractivity (Wildman–Crippen MR) is 128 cm³/mol. The summed E-state index contributed by atoms with van der Waals surface area (Å²) in [5.74, 6) is 1.14. The van der Waals surface area contributed by atoms with Crippen LogP contribution >= 0.6 is 0 Å². The molecule has 8 heteroatoms. The largest absolute Gasteiger partial charge is 0.454 e. The fraction of sp³-hybridized carbons (Fsp3) is 0.148. The number of nitrogens with zero attached hydrogens (tertiary/aromatic N) is 2. The van der Waals surface area contributed by atoms with Gasteiger partial charge in [-0.3, -0.25) is 9.59 Å². The van der Waals surface area contributed by atoms with Crippen LogP contribution in [0.25, 0.3) is 11.3 Å². The molecule has 0 aliphatic carbocycles. The number of rotatable bonds is 8. The number of benzene rings is 3. The van der Waals surface area contributed by atoms with Gasteiger partial charge in [-0.05, 0) is 23.3 Å². The van der Waals surface area contributed by atoms with Gasteiger partial charge in [0, 0.05) is 24.7 Å². The van der Waals surface area contributed by atoms with E-state index in [1.807, 2.05) is 78.9 Å². The number of ether oxygens (including phenoxy) is 2. The number of amides is 2. The highest BCUT2D eigenvalue weighted by Crippen LogP contribution is 2.32. The highest BCUT2D eigenvalue weighted by atomic mass is 16.7. The van der Waals surface area contributed by atoms with Gasteiger partial charge >= 0.3 is 0 Å². The average molecular weight is 469 g/mol. The van der Waals surface area contributed by atoms with Gasteiger partial charge in [0.2, 0.25) is 12.7 Å². The monoisotopic (exact) mass is 469 g/mol. The van der Waals surface area contributed by atoms with Gasteiger partial charge in [0.05, 0.1) is 0 Å². The highest BCUT2D eigenvalue weighted by Gasteiger charge is 2.23. The van der Waals surface area contributed by atoms with Crippen molar-refractivity contribution in [2.75, 3.05) is 13.3 Å². The van der Waals surface area contributed by atoms with E-state index in [1.54, 1.807) is 6.07 Å². The molecule has 0 unspecified atom stereocenters. The van der Waals surface area contributed by atoms with Crippen LogP contribution in [-0.4, -0.2) is 35.2 Å². The van der Waals surface area contributed by atoms with Crippen molar-refractivity contribution in [3.05, 3.63) is 102 Å². The maximum atomic E-state index is 13.3. The van der Waals surface area contributed by atoms with Gasteiger partial charge in [-0.25, -0.2) is 0 Å². The SMILES string of the molecule is O=C(CN(Cc1ccccc1)C(=O)c1cc(-c2ccccc2)on1)NCc1ccc2c(c1)OCO2. The van der Waals surface area contributed by atoms with Crippen LogP contribution < -0.4 is 14.8 Å². The molecular formula is C27H23N3O5. The molecule has 0 atom stereocenters. The Hall–Kier alpha value is -4.59. The van der Waals surface area contributed by atoms with Crippen molar-refractivity contribution in [2.24, 2.45) is 0 Å². The minimum absolute atomic E-state index is 0.133. The normalized spacial score (nSPS) is 11.8. The lowest BCUT2D eigenvalue weighted by Gasteiger charge is -2.21. The molecule has 1 N–H and O–H groups in total. The predicted octanol–water partition coefficient (Wildman–Crippen LogP) is 4.03. The van der Waals surface area contributed by atoms with E-state index in [-0.39, 0.29) is 31.5 Å². The third-order valence-electron chi connectivity index (χ3n) is 5.55. The molecular weight excluding hydrogens is 446 g/mol. The number of hydrogen-bond acceptors (Lipinski definition) is 6. The van der Waals surface area contributed by atoms with Gasteiger partial charge < -0.3 is 24.2 Å². The summed E-state index contributed by atoms with van der Waals surface area (Å²) in [6, 6.07) is 26.0. The number of carbonyl (C=O) groups is 2. The second-order valence-electron chi connectivity index (χ2n) is 8.05. The Morgan fingerprint density at radius 2 is 1.60 bits per heavy atom. The summed E-state index contributed by atoms with van der Waals surface area (Å²) in [5.41, 5.74) is 2.72. The lowest BCUT2D eigenvalue weighted by atomic mass is 10.1. The first-order valence-corrected chi connectivity index (χ1v) is 11.2. The van der Waals surface area contributed by atoms with Crippen LogP contribution in [0.5, 0.6) is 11.5 Å². The summed E-state index contributed by atoms with van der Waals surface area (Å²) in [6.45, 7) is 0.608. The number of hydrogen-bond donors (Lipinski definition) is 1. The average Bonchev–Trinajstić information content (AvgIpc) is 3.58. The van der Waals surface area contributed by atoms with Crippen LogP contribution in [0.3, 0.4) is 0 Å². The molecule has 1 aromatic heterocycles. The van der Waals surface area contributed by atoms with E-state index in [0.29, 0.717) is 23.8 Å². The Morgan fingerprint density at radius 3 is 2.40 bits per heavy atom. The van der Waals surface area contributed by atoms with Crippen molar-refractivity contribution in [1.29, 1.82) is 0 Å². The Balaban J connectivity index is 1.29. The van der Waals surface area contributed by atoms with Crippen molar-refractivity contribution < 1.29 is 23.6 Å². The van der Waals surface area contributed by atoms with Crippen LogP contribution in [0.15, 0.2) is 89.5 Å². The van der Waals surface area contributed by atoms with Crippen molar-refractivity contribution in [2.45, 2.75) is 13.1 Å². The second kappa shape index (κ2) is 10.1. The van der Waals surface area contributed by atoms with E-state index < -0.39 is 5.91 Å². The molecule has 0 bridgehead atoms. The van der Waals surface area contributed by atoms with Crippen LogP contribution in [0.4, 0.5) is 0 Å². The third-order valence-corrected chi connectivity index (χ3v) is 5.55. The molecule has 4 aromatic rings. The fourth-order valence-corrected chi connectivity index (χ4v) is 3.76. The first kappa shape index (κ1) is 22.2. The maximum absolute atomic E-state index is 13.3. The van der Waals surface area contributed by atoms with Gasteiger partial charge in [-0.15, -0.1) is 0 Å². The molecule has 0 radical (unpaired) electrons. The van der Waals surface area contributed by atoms with E-state index >= 15 is 0 Å². The van der Waals surface area contributed by atoms with E-state index in [9.17, 15) is 9.59 Å². The van der Waals surface area contributed by atoms with E-state index in [2.05, 4.69) is 10.5 Å². The molecule has 0 saturated heterocycles. The molecule has 0 spiro atoms. The molecule has 2 amide bonds. The Kier molecular flexibility index (Phi) is 6.43. The lowest BCUT2D eigenvalue weighted by molar-refractivity contribution is -0.122. The molecule has 0 saturated carbocycles. The molecule has 0 fully saturated rings. The van der Waals surface area contributed by atoms with E-state index in [1.165, 1.54) is 4.90 Å². The van der Waals surface area contributed by atoms with Gasteiger partial charge in [0.15, 0.2) is 23.0 Å². The summed E-state index contributed by atoms with van der Waals surface area (Å²) in [5, 5.41) is 6.84. The highest BCUT2D eigenvalue weighted by molar-refractivity contribution is 5.95. The standard InChI is InChI=1S/C27H23N3O5/c31-26(28-15-20-11-12-23-25(13-20)34-18-33-23)17-30(16-19-7-3-1-4-8-19)27(32)22-14-24(35-29-22)21-9-5-2-6-10-21/h1-14H,15-18H2,(H,28,31). The maximum Gasteiger partial charge on any atom is 0.276 e. The number of carbonyl (C=O) groups excluding carboxylic acids is 2. The first-order valence-electron chi connectivity index (χ1n) is 11.2. The summed E-state index contributed by atoms with van der Waals surface area (Å²) in [4.78, 5) is 27.6. The van der Waals surface area contributed by atoms with Crippen LogP contribution in [0.1, 0.15) is 21.6 Å². The van der Waals surface area contributed by atoms with Gasteiger partial charge in [-0.2, -0.15) is 0 Å². The van der Waals surface area contributed by atoms with Crippen molar-refractivity contribution in [3.8, 4) is 22.8 Å². The van der Waals surface area contributed by atoms with Crippen LogP contribution in [0, 0.1) is 0 Å². The molecule has 3 aromatic carbocycles. The van der Waals surface area contributed by atoms with Crippen molar-refractivity contribution in [3.63, 3.8) is 0 Å². The molecule has 2 heterocycles. The van der Waals surface area contributed by atoms with Gasteiger partial charge in [0.25, 0.3) is 5.91 Å². The number of aromatic nitrogens is 1. The molecule has 8 nitrogen and oxygen atoms in total. The molecule has 1 aliphatic heterocycles. The van der Waals surface area contributed by atoms with Gasteiger partial charge in [0.1, 0.15) is 6.54 Å². The molecule has 1 aliphatic rings. The molecule has 5 rings (SSSR count). The topological polar surface area (TPSA) is 93.9 Å². The van der Waals surface area contributed by atoms with E-state index in [4.69, 9.17) is 14.0 Å². The summed E-state index contributed by atoms with van der Waals surface area (Å²) in [7, 11) is 0. The van der Waals surface area contributed by atoms with Crippen LogP contribution in [0.2, 0.25) is 0 Å². The summed E-state index contributed by atoms with van der Waals surface area (Å²) < 4.78 is 16.1. The second-order valence-corrected chi connectivity index (χ2v) is 8.05. The Morgan fingerprint density at radius 1 is 0.857 bits per heavy atom. The Bertz CT molecular complexity index is 1320. The van der Waals surface area contributed by atoms with Gasteiger partial charge in [-0.1, -0.05) is 71.9 Å². The summed E-state index contributed by atoms with van der Waals surface area (Å²) >= 11 is 0. The van der Waals surface area contributed by atoms with Crippen molar-refractivity contribution in [1.82, 2.24) is 15.4 Å². The smallest absolute Gasteiger partial charge is 0.276 e.